The van der Waals surface area contributed by atoms with Gasteiger partial charge in [-0.05, 0) is 38.3 Å². The zero-order valence-corrected chi connectivity index (χ0v) is 12.0. The van der Waals surface area contributed by atoms with Gasteiger partial charge in [0.15, 0.2) is 0 Å². The topological polar surface area (TPSA) is 38.5 Å². The van der Waals surface area contributed by atoms with Crippen LogP contribution in [0.2, 0.25) is 0 Å². The van der Waals surface area contributed by atoms with Crippen LogP contribution in [0.1, 0.15) is 34.2 Å². The Morgan fingerprint density at radius 1 is 1.44 bits per heavy atom. The van der Waals surface area contributed by atoms with Crippen LogP contribution in [0.25, 0.3) is 0 Å². The van der Waals surface area contributed by atoms with Gasteiger partial charge < -0.3 is 10.5 Å². The molecule has 100 valence electrons. The Bertz CT molecular complexity index is 427. The van der Waals surface area contributed by atoms with E-state index in [0.29, 0.717) is 12.6 Å². The molecule has 1 saturated carbocycles. The maximum atomic E-state index is 5.92. The van der Waals surface area contributed by atoms with E-state index < -0.39 is 0 Å². The normalized spacial score (nSPS) is 29.7. The molecule has 0 spiro atoms. The Morgan fingerprint density at radius 3 is 2.78 bits per heavy atom. The van der Waals surface area contributed by atoms with Crippen molar-refractivity contribution in [1.82, 2.24) is 4.90 Å². The predicted molar refractivity (Wildman–Crippen MR) is 75.1 cm³/mol. The summed E-state index contributed by atoms with van der Waals surface area (Å²) in [6.07, 6.45) is 2.85. The first kappa shape index (κ1) is 12.6. The lowest BCUT2D eigenvalue weighted by molar-refractivity contribution is -0.0713. The number of nitrogens with zero attached hydrogens (tertiary/aromatic N) is 1. The van der Waals surface area contributed by atoms with Crippen molar-refractivity contribution in [1.29, 1.82) is 0 Å². The van der Waals surface area contributed by atoms with Crippen LogP contribution in [0, 0.1) is 13.8 Å². The van der Waals surface area contributed by atoms with Crippen molar-refractivity contribution in [3.8, 4) is 0 Å². The van der Waals surface area contributed by atoms with Crippen molar-refractivity contribution in [2.24, 2.45) is 5.73 Å². The Labute approximate surface area is 113 Å². The third-order valence-corrected chi connectivity index (χ3v) is 5.02. The van der Waals surface area contributed by atoms with Gasteiger partial charge in [-0.1, -0.05) is 0 Å². The molecular weight excluding hydrogens is 244 g/mol. The Kier molecular flexibility index (Phi) is 3.45. The van der Waals surface area contributed by atoms with Gasteiger partial charge in [0, 0.05) is 28.9 Å². The molecule has 0 bridgehead atoms. The van der Waals surface area contributed by atoms with E-state index in [0.717, 1.165) is 19.2 Å². The number of hydrogen-bond donors (Lipinski definition) is 1. The molecule has 2 unspecified atom stereocenters. The molecule has 4 heteroatoms. The summed E-state index contributed by atoms with van der Waals surface area (Å²) < 4.78 is 5.90. The predicted octanol–water partition coefficient (Wildman–Crippen LogP) is 2.23. The maximum absolute atomic E-state index is 5.92. The van der Waals surface area contributed by atoms with Gasteiger partial charge in [-0.3, -0.25) is 4.90 Å². The number of thiophene rings is 1. The summed E-state index contributed by atoms with van der Waals surface area (Å²) in [6.45, 7) is 6.91. The molecule has 3 rings (SSSR count). The summed E-state index contributed by atoms with van der Waals surface area (Å²) in [7, 11) is 0. The summed E-state index contributed by atoms with van der Waals surface area (Å²) in [5.41, 5.74) is 7.37. The van der Waals surface area contributed by atoms with Crippen molar-refractivity contribution >= 4 is 11.3 Å². The SMILES string of the molecule is Cc1cc(C2C(CN)OCCN2C2CC2)c(C)s1. The minimum Gasteiger partial charge on any atom is -0.374 e. The fraction of sp³-hybridized carbons (Fsp3) is 0.714. The molecule has 1 aliphatic heterocycles. The summed E-state index contributed by atoms with van der Waals surface area (Å²) in [5.74, 6) is 0. The fourth-order valence-corrected chi connectivity index (χ4v) is 4.06. The van der Waals surface area contributed by atoms with Crippen LogP contribution in [-0.4, -0.2) is 36.7 Å². The molecule has 1 aliphatic carbocycles. The molecule has 0 amide bonds. The number of rotatable bonds is 3. The Morgan fingerprint density at radius 2 is 2.22 bits per heavy atom. The van der Waals surface area contributed by atoms with Crippen LogP contribution in [0.3, 0.4) is 0 Å². The Balaban J connectivity index is 1.94. The molecule has 2 fully saturated rings. The van der Waals surface area contributed by atoms with Crippen LogP contribution in [0.15, 0.2) is 6.07 Å². The van der Waals surface area contributed by atoms with Crippen molar-refractivity contribution < 1.29 is 4.74 Å². The highest BCUT2D eigenvalue weighted by molar-refractivity contribution is 7.12. The molecule has 18 heavy (non-hydrogen) atoms. The zero-order valence-electron chi connectivity index (χ0n) is 11.2. The molecule has 0 aromatic carbocycles. The van der Waals surface area contributed by atoms with Crippen LogP contribution in [0.5, 0.6) is 0 Å². The lowest BCUT2D eigenvalue weighted by Crippen LogP contribution is -2.49. The number of hydrogen-bond acceptors (Lipinski definition) is 4. The van der Waals surface area contributed by atoms with Crippen LogP contribution in [-0.2, 0) is 4.74 Å². The molecule has 1 saturated heterocycles. The van der Waals surface area contributed by atoms with Crippen LogP contribution in [0.4, 0.5) is 0 Å². The van der Waals surface area contributed by atoms with Gasteiger partial charge in [0.2, 0.25) is 0 Å². The standard InChI is InChI=1S/C14H22N2OS/c1-9-7-12(10(2)18-9)14-13(8-15)17-6-5-16(14)11-3-4-11/h7,11,13-14H,3-6,8,15H2,1-2H3. The van der Waals surface area contributed by atoms with Gasteiger partial charge in [-0.2, -0.15) is 0 Å². The second kappa shape index (κ2) is 4.93. The second-order valence-electron chi connectivity index (χ2n) is 5.43. The van der Waals surface area contributed by atoms with Crippen LogP contribution < -0.4 is 5.73 Å². The van der Waals surface area contributed by atoms with Gasteiger partial charge in [-0.15, -0.1) is 11.3 Å². The van der Waals surface area contributed by atoms with E-state index in [4.69, 9.17) is 10.5 Å². The first-order valence-corrected chi connectivity index (χ1v) is 7.66. The monoisotopic (exact) mass is 266 g/mol. The maximum Gasteiger partial charge on any atom is 0.0894 e. The van der Waals surface area contributed by atoms with Crippen molar-refractivity contribution in [3.63, 3.8) is 0 Å². The summed E-state index contributed by atoms with van der Waals surface area (Å²) in [4.78, 5) is 5.45. The average molecular weight is 266 g/mol. The van der Waals surface area contributed by atoms with Gasteiger partial charge in [-0.25, -0.2) is 0 Å². The molecule has 0 radical (unpaired) electrons. The summed E-state index contributed by atoms with van der Waals surface area (Å²) >= 11 is 1.89. The van der Waals surface area contributed by atoms with E-state index in [2.05, 4.69) is 24.8 Å². The third kappa shape index (κ3) is 2.23. The van der Waals surface area contributed by atoms with Crippen LogP contribution >= 0.6 is 11.3 Å². The number of ether oxygens (including phenoxy) is 1. The van der Waals surface area contributed by atoms with E-state index in [-0.39, 0.29) is 6.10 Å². The van der Waals surface area contributed by atoms with E-state index >= 15 is 0 Å². The fourth-order valence-electron chi connectivity index (χ4n) is 3.09. The van der Waals surface area contributed by atoms with E-state index in [1.807, 2.05) is 11.3 Å². The van der Waals surface area contributed by atoms with E-state index in [1.54, 1.807) is 0 Å². The van der Waals surface area contributed by atoms with Crippen molar-refractivity contribution in [2.45, 2.75) is 44.9 Å². The lowest BCUT2D eigenvalue weighted by Gasteiger charge is -2.41. The molecular formula is C14H22N2OS. The molecule has 2 aliphatic rings. The number of aryl methyl sites for hydroxylation is 2. The lowest BCUT2D eigenvalue weighted by atomic mass is 9.98. The molecule has 2 atom stereocenters. The minimum absolute atomic E-state index is 0.159. The molecule has 1 aromatic rings. The van der Waals surface area contributed by atoms with Gasteiger partial charge in [0.05, 0.1) is 18.8 Å². The minimum atomic E-state index is 0.159. The first-order valence-electron chi connectivity index (χ1n) is 6.85. The van der Waals surface area contributed by atoms with Crippen molar-refractivity contribution in [3.05, 3.63) is 21.4 Å². The zero-order chi connectivity index (χ0) is 12.7. The summed E-state index contributed by atoms with van der Waals surface area (Å²) in [6, 6.07) is 3.48. The largest absolute Gasteiger partial charge is 0.374 e. The first-order chi connectivity index (χ1) is 8.70. The molecule has 1 aromatic heterocycles. The number of morpholine rings is 1. The summed E-state index contributed by atoms with van der Waals surface area (Å²) in [5, 5.41) is 0. The molecule has 3 nitrogen and oxygen atoms in total. The smallest absolute Gasteiger partial charge is 0.0894 e. The van der Waals surface area contributed by atoms with Gasteiger partial charge in [0.25, 0.3) is 0 Å². The van der Waals surface area contributed by atoms with E-state index in [1.165, 1.54) is 28.2 Å². The average Bonchev–Trinajstić information content (AvgIpc) is 3.14. The highest BCUT2D eigenvalue weighted by Gasteiger charge is 2.41. The highest BCUT2D eigenvalue weighted by Crippen LogP contribution is 2.41. The third-order valence-electron chi connectivity index (χ3n) is 4.04. The quantitative estimate of drug-likeness (QED) is 0.912. The van der Waals surface area contributed by atoms with Gasteiger partial charge in [0.1, 0.15) is 0 Å². The highest BCUT2D eigenvalue weighted by atomic mass is 32.1. The Hall–Kier alpha value is -0.420. The van der Waals surface area contributed by atoms with E-state index in [9.17, 15) is 0 Å². The molecule has 2 N–H and O–H groups in total. The number of nitrogens with two attached hydrogens (primary N) is 1. The second-order valence-corrected chi connectivity index (χ2v) is 6.89. The molecule has 2 heterocycles. The van der Waals surface area contributed by atoms with Crippen molar-refractivity contribution in [2.75, 3.05) is 19.7 Å². The van der Waals surface area contributed by atoms with Gasteiger partial charge >= 0.3 is 0 Å².